The molecule has 0 radical (unpaired) electrons. The van der Waals surface area contributed by atoms with Gasteiger partial charge in [-0.1, -0.05) is 57.9 Å². The van der Waals surface area contributed by atoms with Gasteiger partial charge < -0.3 is 10.1 Å². The quantitative estimate of drug-likeness (QED) is 0.541. The monoisotopic (exact) mass is 403 g/mol. The van der Waals surface area contributed by atoms with Crippen LogP contribution in [-0.2, 0) is 27.2 Å². The highest BCUT2D eigenvalue weighted by molar-refractivity contribution is 9.10. The summed E-state index contributed by atoms with van der Waals surface area (Å²) in [5.74, 6) is -0.337. The Kier molecular flexibility index (Phi) is 7.67. The molecule has 2 aromatic carbocycles. The van der Waals surface area contributed by atoms with E-state index in [1.807, 2.05) is 55.5 Å². The molecular formula is C20H22BrNO3. The van der Waals surface area contributed by atoms with Crippen LogP contribution in [-0.4, -0.2) is 25.0 Å². The molecule has 0 aliphatic carbocycles. The molecule has 1 N–H and O–H groups in total. The van der Waals surface area contributed by atoms with E-state index in [2.05, 4.69) is 21.2 Å². The van der Waals surface area contributed by atoms with Crippen LogP contribution in [0.3, 0.4) is 0 Å². The first kappa shape index (κ1) is 19.2. The Morgan fingerprint density at radius 2 is 1.84 bits per heavy atom. The third-order valence-corrected chi connectivity index (χ3v) is 4.18. The molecular weight excluding hydrogens is 382 g/mol. The molecule has 0 spiro atoms. The molecule has 0 aliphatic rings. The van der Waals surface area contributed by atoms with Gasteiger partial charge in [-0.3, -0.25) is 9.59 Å². The van der Waals surface area contributed by atoms with Crippen LogP contribution in [0.1, 0.15) is 23.1 Å². The maximum atomic E-state index is 11.8. The Balaban J connectivity index is 1.59. The number of rotatable bonds is 8. The minimum absolute atomic E-state index is 0.0383. The fraction of sp³-hybridized carbons (Fsp3) is 0.300. The van der Waals surface area contributed by atoms with Crippen LogP contribution < -0.4 is 5.32 Å². The molecule has 2 aromatic rings. The number of benzene rings is 2. The number of aryl methyl sites for hydroxylation is 2. The predicted octanol–water partition coefficient (Wildman–Crippen LogP) is 3.59. The number of esters is 1. The lowest BCUT2D eigenvalue weighted by Gasteiger charge is -2.07. The highest BCUT2D eigenvalue weighted by atomic mass is 79.9. The molecule has 4 nitrogen and oxygen atoms in total. The number of nitrogens with one attached hydrogen (secondary N) is 1. The number of hydrogen-bond acceptors (Lipinski definition) is 3. The first-order valence-electron chi connectivity index (χ1n) is 8.25. The van der Waals surface area contributed by atoms with Gasteiger partial charge in [-0.15, -0.1) is 0 Å². The molecule has 0 fully saturated rings. The Bertz CT molecular complexity index is 713. The van der Waals surface area contributed by atoms with E-state index >= 15 is 0 Å². The number of carbonyl (C=O) groups excluding carboxylic acids is 2. The second kappa shape index (κ2) is 9.99. The van der Waals surface area contributed by atoms with E-state index in [4.69, 9.17) is 4.74 Å². The number of ether oxygens (including phenoxy) is 1. The lowest BCUT2D eigenvalue weighted by atomic mass is 10.1. The van der Waals surface area contributed by atoms with Gasteiger partial charge in [0.1, 0.15) is 6.61 Å². The zero-order valence-electron chi connectivity index (χ0n) is 14.3. The van der Waals surface area contributed by atoms with E-state index in [1.54, 1.807) is 0 Å². The van der Waals surface area contributed by atoms with Gasteiger partial charge in [-0.05, 0) is 36.6 Å². The third-order valence-electron chi connectivity index (χ3n) is 3.69. The summed E-state index contributed by atoms with van der Waals surface area (Å²) in [5.41, 5.74) is 3.24. The maximum Gasteiger partial charge on any atom is 0.310 e. The van der Waals surface area contributed by atoms with Crippen molar-refractivity contribution in [2.24, 2.45) is 0 Å². The summed E-state index contributed by atoms with van der Waals surface area (Å²) >= 11 is 3.37. The summed E-state index contributed by atoms with van der Waals surface area (Å²) in [6.07, 6.45) is 1.35. The van der Waals surface area contributed by atoms with Crippen molar-refractivity contribution in [3.05, 3.63) is 69.7 Å². The summed E-state index contributed by atoms with van der Waals surface area (Å²) in [4.78, 5) is 23.6. The van der Waals surface area contributed by atoms with Gasteiger partial charge in [-0.2, -0.15) is 0 Å². The van der Waals surface area contributed by atoms with Gasteiger partial charge in [0.05, 0.1) is 13.0 Å². The van der Waals surface area contributed by atoms with E-state index in [-0.39, 0.29) is 24.9 Å². The Hall–Kier alpha value is -2.14. The molecule has 25 heavy (non-hydrogen) atoms. The molecule has 132 valence electrons. The van der Waals surface area contributed by atoms with Crippen LogP contribution in [0, 0.1) is 6.92 Å². The lowest BCUT2D eigenvalue weighted by molar-refractivity contribution is -0.143. The highest BCUT2D eigenvalue weighted by Gasteiger charge is 2.06. The van der Waals surface area contributed by atoms with E-state index in [9.17, 15) is 9.59 Å². The Morgan fingerprint density at radius 3 is 2.56 bits per heavy atom. The number of halogens is 1. The molecule has 2 rings (SSSR count). The average molecular weight is 404 g/mol. The second-order valence-electron chi connectivity index (χ2n) is 5.86. The van der Waals surface area contributed by atoms with Crippen molar-refractivity contribution in [3.8, 4) is 0 Å². The summed E-state index contributed by atoms with van der Waals surface area (Å²) in [7, 11) is 0. The van der Waals surface area contributed by atoms with Crippen molar-refractivity contribution >= 4 is 27.8 Å². The van der Waals surface area contributed by atoms with Crippen molar-refractivity contribution in [2.45, 2.75) is 26.2 Å². The van der Waals surface area contributed by atoms with Crippen molar-refractivity contribution in [2.75, 3.05) is 13.2 Å². The average Bonchev–Trinajstić information content (AvgIpc) is 2.58. The SMILES string of the molecule is Cc1ccc(CCC(=O)NCCOC(=O)Cc2cccc(Br)c2)cc1. The van der Waals surface area contributed by atoms with Crippen LogP contribution in [0.5, 0.6) is 0 Å². The van der Waals surface area contributed by atoms with Crippen molar-refractivity contribution in [1.29, 1.82) is 0 Å². The zero-order chi connectivity index (χ0) is 18.1. The summed E-state index contributed by atoms with van der Waals surface area (Å²) in [6, 6.07) is 15.7. The molecule has 0 unspecified atom stereocenters. The molecule has 0 atom stereocenters. The van der Waals surface area contributed by atoms with Gasteiger partial charge in [-0.25, -0.2) is 0 Å². The van der Waals surface area contributed by atoms with Gasteiger partial charge in [0.15, 0.2) is 0 Å². The van der Waals surface area contributed by atoms with E-state index in [0.29, 0.717) is 19.4 Å². The molecule has 0 aliphatic heterocycles. The normalized spacial score (nSPS) is 10.3. The van der Waals surface area contributed by atoms with Gasteiger partial charge in [0, 0.05) is 10.9 Å². The van der Waals surface area contributed by atoms with Crippen molar-refractivity contribution < 1.29 is 14.3 Å². The lowest BCUT2D eigenvalue weighted by Crippen LogP contribution is -2.28. The third kappa shape index (κ3) is 7.52. The smallest absolute Gasteiger partial charge is 0.310 e. The van der Waals surface area contributed by atoms with Gasteiger partial charge >= 0.3 is 5.97 Å². The first-order chi connectivity index (χ1) is 12.0. The molecule has 0 saturated heterocycles. The zero-order valence-corrected chi connectivity index (χ0v) is 15.8. The molecule has 0 saturated carbocycles. The fourth-order valence-electron chi connectivity index (χ4n) is 2.32. The fourth-order valence-corrected chi connectivity index (χ4v) is 2.77. The molecule has 0 heterocycles. The molecule has 1 amide bonds. The first-order valence-corrected chi connectivity index (χ1v) is 9.04. The standard InChI is InChI=1S/C20H22BrNO3/c1-15-5-7-16(8-6-15)9-10-19(23)22-11-12-25-20(24)14-17-3-2-4-18(21)13-17/h2-8,13H,9-12,14H2,1H3,(H,22,23). The molecule has 5 heteroatoms. The Morgan fingerprint density at radius 1 is 1.08 bits per heavy atom. The van der Waals surface area contributed by atoms with Crippen LogP contribution in [0.25, 0.3) is 0 Å². The summed E-state index contributed by atoms with van der Waals surface area (Å²) in [6.45, 7) is 2.55. The summed E-state index contributed by atoms with van der Waals surface area (Å²) < 4.78 is 6.07. The van der Waals surface area contributed by atoms with Crippen molar-refractivity contribution in [3.63, 3.8) is 0 Å². The van der Waals surface area contributed by atoms with E-state index in [1.165, 1.54) is 5.56 Å². The largest absolute Gasteiger partial charge is 0.464 e. The highest BCUT2D eigenvalue weighted by Crippen LogP contribution is 2.12. The topological polar surface area (TPSA) is 55.4 Å². The van der Waals surface area contributed by atoms with E-state index in [0.717, 1.165) is 15.6 Å². The van der Waals surface area contributed by atoms with Gasteiger partial charge in [0.2, 0.25) is 5.91 Å². The van der Waals surface area contributed by atoms with Crippen LogP contribution in [0.2, 0.25) is 0 Å². The van der Waals surface area contributed by atoms with Gasteiger partial charge in [0.25, 0.3) is 0 Å². The van der Waals surface area contributed by atoms with Crippen LogP contribution in [0.15, 0.2) is 53.0 Å². The second-order valence-corrected chi connectivity index (χ2v) is 6.78. The number of amides is 1. The predicted molar refractivity (Wildman–Crippen MR) is 101 cm³/mol. The minimum Gasteiger partial charge on any atom is -0.464 e. The maximum absolute atomic E-state index is 11.8. The van der Waals surface area contributed by atoms with E-state index < -0.39 is 0 Å². The van der Waals surface area contributed by atoms with Crippen molar-refractivity contribution in [1.82, 2.24) is 5.32 Å². The van der Waals surface area contributed by atoms with Crippen LogP contribution in [0.4, 0.5) is 0 Å². The molecule has 0 aromatic heterocycles. The number of carbonyl (C=O) groups is 2. The minimum atomic E-state index is -0.299. The number of hydrogen-bond donors (Lipinski definition) is 1. The Labute approximate surface area is 156 Å². The molecule has 0 bridgehead atoms. The van der Waals surface area contributed by atoms with Crippen LogP contribution >= 0.6 is 15.9 Å². The summed E-state index contributed by atoms with van der Waals surface area (Å²) in [5, 5.41) is 2.77.